The fourth-order valence-corrected chi connectivity index (χ4v) is 2.81. The number of aromatic nitrogens is 2. The molecule has 5 heteroatoms. The third kappa shape index (κ3) is 2.51. The van der Waals surface area contributed by atoms with Crippen LogP contribution in [0.25, 0.3) is 11.1 Å². The smallest absolute Gasteiger partial charge is 0.101 e. The summed E-state index contributed by atoms with van der Waals surface area (Å²) in [6, 6.07) is 9.47. The monoisotopic (exact) mass is 311 g/mol. The summed E-state index contributed by atoms with van der Waals surface area (Å²) < 4.78 is 7.05. The first-order valence-electron chi connectivity index (χ1n) is 6.85. The fraction of sp³-hybridized carbons (Fsp3) is 0.176. The van der Waals surface area contributed by atoms with Crippen molar-refractivity contribution in [3.8, 4) is 17.2 Å². The maximum atomic E-state index is 8.98. The molecule has 0 saturated carbocycles. The molecule has 0 bridgehead atoms. The molecule has 0 unspecified atom stereocenters. The van der Waals surface area contributed by atoms with E-state index in [4.69, 9.17) is 21.3 Å². The molecule has 22 heavy (non-hydrogen) atoms. The maximum absolute atomic E-state index is 8.98. The highest BCUT2D eigenvalue weighted by Gasteiger charge is 2.15. The number of nitriles is 1. The van der Waals surface area contributed by atoms with Gasteiger partial charge in [-0.1, -0.05) is 17.7 Å². The van der Waals surface area contributed by atoms with Crippen LogP contribution in [0.5, 0.6) is 0 Å². The predicted octanol–water partition coefficient (Wildman–Crippen LogP) is 4.33. The molecule has 0 amide bonds. The highest BCUT2D eigenvalue weighted by Crippen LogP contribution is 2.30. The first kappa shape index (κ1) is 14.4. The van der Waals surface area contributed by atoms with Crippen molar-refractivity contribution in [3.63, 3.8) is 0 Å². The van der Waals surface area contributed by atoms with Gasteiger partial charge < -0.3 is 4.42 Å². The molecule has 0 radical (unpaired) electrons. The van der Waals surface area contributed by atoms with Gasteiger partial charge in [-0.15, -0.1) is 0 Å². The first-order chi connectivity index (χ1) is 10.6. The van der Waals surface area contributed by atoms with E-state index in [-0.39, 0.29) is 0 Å². The van der Waals surface area contributed by atoms with Gasteiger partial charge in [-0.3, -0.25) is 4.68 Å². The fourth-order valence-electron chi connectivity index (χ4n) is 2.59. The molecule has 1 aromatic carbocycles. The quantitative estimate of drug-likeness (QED) is 0.723. The normalized spacial score (nSPS) is 10.6. The zero-order valence-electron chi connectivity index (χ0n) is 12.3. The molecule has 0 N–H and O–H groups in total. The number of benzene rings is 1. The molecular weight excluding hydrogens is 298 g/mol. The lowest BCUT2D eigenvalue weighted by Crippen LogP contribution is -2.03. The number of rotatable bonds is 3. The van der Waals surface area contributed by atoms with E-state index in [1.165, 1.54) is 0 Å². The Morgan fingerprint density at radius 2 is 2.14 bits per heavy atom. The second kappa shape index (κ2) is 5.70. The summed E-state index contributed by atoms with van der Waals surface area (Å²) in [6.45, 7) is 4.66. The molecule has 2 heterocycles. The summed E-state index contributed by atoms with van der Waals surface area (Å²) in [5, 5.41) is 14.0. The number of hydrogen-bond acceptors (Lipinski definition) is 3. The van der Waals surface area contributed by atoms with Crippen LogP contribution in [-0.2, 0) is 6.54 Å². The Labute approximate surface area is 133 Å². The Balaban J connectivity index is 2.03. The van der Waals surface area contributed by atoms with Crippen LogP contribution >= 0.6 is 11.6 Å². The number of nitrogens with zero attached hydrogens (tertiary/aromatic N) is 3. The van der Waals surface area contributed by atoms with Gasteiger partial charge in [-0.25, -0.2) is 0 Å². The molecule has 0 spiro atoms. The van der Waals surface area contributed by atoms with Crippen LogP contribution < -0.4 is 0 Å². The molecule has 3 aromatic rings. The Bertz CT molecular complexity index is 857. The highest BCUT2D eigenvalue weighted by molar-refractivity contribution is 6.32. The van der Waals surface area contributed by atoms with Gasteiger partial charge in [0.1, 0.15) is 6.07 Å². The lowest BCUT2D eigenvalue weighted by Gasteiger charge is -2.05. The predicted molar refractivity (Wildman–Crippen MR) is 84.7 cm³/mol. The van der Waals surface area contributed by atoms with Crippen molar-refractivity contribution in [2.45, 2.75) is 20.4 Å². The van der Waals surface area contributed by atoms with Gasteiger partial charge in [0.05, 0.1) is 35.4 Å². The van der Waals surface area contributed by atoms with Crippen LogP contribution in [0.4, 0.5) is 0 Å². The Hall–Kier alpha value is -2.51. The average Bonchev–Trinajstić information content (AvgIpc) is 3.08. The summed E-state index contributed by atoms with van der Waals surface area (Å²) >= 11 is 6.14. The van der Waals surface area contributed by atoms with Gasteiger partial charge in [0.15, 0.2) is 0 Å². The van der Waals surface area contributed by atoms with Gasteiger partial charge in [-0.05, 0) is 37.6 Å². The maximum Gasteiger partial charge on any atom is 0.101 e. The Kier molecular flexibility index (Phi) is 3.74. The van der Waals surface area contributed by atoms with Gasteiger partial charge in [0.2, 0.25) is 0 Å². The van der Waals surface area contributed by atoms with E-state index in [1.54, 1.807) is 18.6 Å². The van der Waals surface area contributed by atoms with E-state index in [9.17, 15) is 0 Å². The number of halogens is 1. The average molecular weight is 312 g/mol. The van der Waals surface area contributed by atoms with Crippen molar-refractivity contribution in [2.75, 3.05) is 0 Å². The number of hydrogen-bond donors (Lipinski definition) is 0. The summed E-state index contributed by atoms with van der Waals surface area (Å²) in [5.41, 5.74) is 5.55. The minimum atomic E-state index is 0.460. The van der Waals surface area contributed by atoms with Gasteiger partial charge in [-0.2, -0.15) is 10.4 Å². The van der Waals surface area contributed by atoms with Crippen molar-refractivity contribution in [1.82, 2.24) is 9.78 Å². The van der Waals surface area contributed by atoms with Crippen LogP contribution in [-0.4, -0.2) is 9.78 Å². The molecule has 0 atom stereocenters. The topological polar surface area (TPSA) is 54.8 Å². The summed E-state index contributed by atoms with van der Waals surface area (Å²) in [7, 11) is 0. The minimum absolute atomic E-state index is 0.460. The molecule has 3 rings (SSSR count). The van der Waals surface area contributed by atoms with Crippen LogP contribution in [0.15, 0.2) is 41.2 Å². The zero-order valence-corrected chi connectivity index (χ0v) is 13.1. The Morgan fingerprint density at radius 3 is 2.77 bits per heavy atom. The Morgan fingerprint density at radius 1 is 1.32 bits per heavy atom. The van der Waals surface area contributed by atoms with Gasteiger partial charge >= 0.3 is 0 Å². The summed E-state index contributed by atoms with van der Waals surface area (Å²) in [6.07, 6.45) is 3.37. The molecule has 0 aliphatic rings. The zero-order chi connectivity index (χ0) is 15.7. The molecule has 0 fully saturated rings. The molecule has 0 saturated heterocycles. The van der Waals surface area contributed by atoms with E-state index < -0.39 is 0 Å². The number of furan rings is 1. The largest absolute Gasteiger partial charge is 0.472 e. The van der Waals surface area contributed by atoms with Crippen molar-refractivity contribution >= 4 is 11.6 Å². The van der Waals surface area contributed by atoms with Gasteiger partial charge in [0.25, 0.3) is 0 Å². The van der Waals surface area contributed by atoms with Crippen molar-refractivity contribution in [2.24, 2.45) is 0 Å². The molecule has 0 aliphatic carbocycles. The standard InChI is InChI=1S/C17H14ClN3O/c1-11-17(14-3-4-15(8-19)16(18)7-14)12(2)21(20-11)9-13-5-6-22-10-13/h3-7,10H,9H2,1-2H3. The van der Waals surface area contributed by atoms with Crippen LogP contribution in [0.3, 0.4) is 0 Å². The van der Waals surface area contributed by atoms with Crippen LogP contribution in [0, 0.1) is 25.2 Å². The van der Waals surface area contributed by atoms with Crippen molar-refractivity contribution in [3.05, 3.63) is 64.3 Å². The lowest BCUT2D eigenvalue weighted by molar-refractivity contribution is 0.558. The third-order valence-corrected chi connectivity index (χ3v) is 3.98. The second-order valence-electron chi connectivity index (χ2n) is 5.14. The van der Waals surface area contributed by atoms with E-state index in [1.807, 2.05) is 36.7 Å². The summed E-state index contributed by atoms with van der Waals surface area (Å²) in [4.78, 5) is 0. The van der Waals surface area contributed by atoms with E-state index >= 15 is 0 Å². The minimum Gasteiger partial charge on any atom is -0.472 e. The molecule has 0 aliphatic heterocycles. The highest BCUT2D eigenvalue weighted by atomic mass is 35.5. The first-order valence-corrected chi connectivity index (χ1v) is 7.23. The molecule has 110 valence electrons. The molecule has 4 nitrogen and oxygen atoms in total. The van der Waals surface area contributed by atoms with Crippen LogP contribution in [0.2, 0.25) is 5.02 Å². The van der Waals surface area contributed by atoms with E-state index in [0.29, 0.717) is 17.1 Å². The second-order valence-corrected chi connectivity index (χ2v) is 5.55. The van der Waals surface area contributed by atoms with E-state index in [2.05, 4.69) is 11.2 Å². The molecular formula is C17H14ClN3O. The summed E-state index contributed by atoms with van der Waals surface area (Å²) in [5.74, 6) is 0. The molecule has 2 aromatic heterocycles. The van der Waals surface area contributed by atoms with Gasteiger partial charge in [0, 0.05) is 16.8 Å². The van der Waals surface area contributed by atoms with Crippen LogP contribution in [0.1, 0.15) is 22.5 Å². The lowest BCUT2D eigenvalue weighted by atomic mass is 10.0. The van der Waals surface area contributed by atoms with Crippen molar-refractivity contribution in [1.29, 1.82) is 5.26 Å². The third-order valence-electron chi connectivity index (χ3n) is 3.67. The van der Waals surface area contributed by atoms with E-state index in [0.717, 1.165) is 28.1 Å². The number of aryl methyl sites for hydroxylation is 1. The van der Waals surface area contributed by atoms with Crippen molar-refractivity contribution < 1.29 is 4.42 Å². The SMILES string of the molecule is Cc1nn(Cc2ccoc2)c(C)c1-c1ccc(C#N)c(Cl)c1.